The summed E-state index contributed by atoms with van der Waals surface area (Å²) >= 11 is 0. The Morgan fingerprint density at radius 3 is 2.71 bits per heavy atom. The molecule has 0 aromatic rings. The number of hydrogen-bond acceptors (Lipinski definition) is 7. The number of carbonyl (C=O) groups is 3. The third-order valence-electron chi connectivity index (χ3n) is 14.1. The zero-order valence-electron chi connectivity index (χ0n) is 32.9. The summed E-state index contributed by atoms with van der Waals surface area (Å²) in [6.07, 6.45) is 16.9. The van der Waals surface area contributed by atoms with E-state index in [2.05, 4.69) is 61.2 Å². The van der Waals surface area contributed by atoms with E-state index in [1.165, 1.54) is 0 Å². The number of hydrogen-bond donors (Lipinski definition) is 5. The molecule has 6 aliphatic rings. The van der Waals surface area contributed by atoms with Gasteiger partial charge in [0.05, 0.1) is 39.4 Å². The van der Waals surface area contributed by atoms with Gasteiger partial charge in [0.25, 0.3) is 5.60 Å². The molecule has 6 rings (SSSR count). The Morgan fingerprint density at radius 1 is 1.13 bits per heavy atom. The first-order chi connectivity index (χ1) is 25.1. The van der Waals surface area contributed by atoms with Crippen LogP contribution in [0.1, 0.15) is 111 Å². The third kappa shape index (κ3) is 7.90. The Kier molecular flexibility index (Phi) is 13.2. The number of piperidine rings is 1. The van der Waals surface area contributed by atoms with Crippen LogP contribution in [0.15, 0.2) is 23.3 Å². The number of epoxide rings is 1. The summed E-state index contributed by atoms with van der Waals surface area (Å²) in [4.78, 5) is 44.3. The van der Waals surface area contributed by atoms with Crippen LogP contribution in [0.5, 0.6) is 0 Å². The molecule has 0 radical (unpaired) electrons. The van der Waals surface area contributed by atoms with Crippen molar-refractivity contribution in [1.29, 1.82) is 0 Å². The molecule has 2 saturated heterocycles. The van der Waals surface area contributed by atoms with Gasteiger partial charge in [0.15, 0.2) is 17.2 Å². The predicted octanol–water partition coefficient (Wildman–Crippen LogP) is 1.73. The molecule has 52 heavy (non-hydrogen) atoms. The Morgan fingerprint density at radius 2 is 1.96 bits per heavy atom. The average molecular weight is 728 g/mol. The number of esters is 1. The van der Waals surface area contributed by atoms with E-state index < -0.39 is 29.0 Å². The van der Waals surface area contributed by atoms with E-state index in [0.717, 1.165) is 102 Å². The van der Waals surface area contributed by atoms with Crippen molar-refractivity contribution in [3.8, 4) is 0 Å². The van der Waals surface area contributed by atoms with Crippen molar-refractivity contribution >= 4 is 17.5 Å². The average Bonchev–Trinajstić information content (AvgIpc) is 3.85. The minimum absolute atomic E-state index is 0.0519. The third-order valence-corrected chi connectivity index (χ3v) is 14.1. The van der Waals surface area contributed by atoms with Crippen molar-refractivity contribution in [2.24, 2.45) is 47.3 Å². The van der Waals surface area contributed by atoms with Gasteiger partial charge in [-0.05, 0) is 107 Å². The van der Waals surface area contributed by atoms with Gasteiger partial charge < -0.3 is 30.5 Å². The quantitative estimate of drug-likeness (QED) is 0.0534. The van der Waals surface area contributed by atoms with Crippen molar-refractivity contribution in [3.63, 3.8) is 0 Å². The minimum atomic E-state index is -1.92. The molecule has 2 aliphatic heterocycles. The van der Waals surface area contributed by atoms with Gasteiger partial charge in [0.2, 0.25) is 0 Å². The highest BCUT2D eigenvalue weighted by molar-refractivity contribution is 6.23. The Bertz CT molecular complexity index is 1350. The highest BCUT2D eigenvalue weighted by Crippen LogP contribution is 2.63. The number of quaternary nitrogens is 3. The van der Waals surface area contributed by atoms with Gasteiger partial charge in [-0.15, -0.1) is 0 Å². The zero-order valence-corrected chi connectivity index (χ0v) is 32.9. The van der Waals surface area contributed by atoms with Crippen molar-refractivity contribution in [2.45, 2.75) is 135 Å². The molecule has 11 unspecified atom stereocenters. The molecule has 10 heteroatoms. The summed E-state index contributed by atoms with van der Waals surface area (Å²) in [5.74, 6) is 0.371. The number of ether oxygens (including phenoxy) is 2. The number of carbonyl (C=O) groups excluding carboxylic acids is 3. The number of rotatable bonds is 16. The fraction of sp³-hybridized carbons (Fsp3) is 0.833. The van der Waals surface area contributed by atoms with E-state index in [9.17, 15) is 19.5 Å². The maximum Gasteiger partial charge on any atom is 0.350 e. The number of ketones is 2. The lowest BCUT2D eigenvalue weighted by Gasteiger charge is -2.42. The van der Waals surface area contributed by atoms with E-state index in [1.54, 1.807) is 0 Å². The predicted molar refractivity (Wildman–Crippen MR) is 198 cm³/mol. The van der Waals surface area contributed by atoms with Crippen LogP contribution in [0.3, 0.4) is 0 Å². The molecular formula is C42H71N4O6+3. The lowest BCUT2D eigenvalue weighted by molar-refractivity contribution is -0.716. The van der Waals surface area contributed by atoms with E-state index in [4.69, 9.17) is 9.47 Å². The fourth-order valence-corrected chi connectivity index (χ4v) is 11.3. The second-order valence-electron chi connectivity index (χ2n) is 18.0. The van der Waals surface area contributed by atoms with E-state index in [1.807, 2.05) is 6.92 Å². The molecule has 0 aromatic carbocycles. The first-order valence-electron chi connectivity index (χ1n) is 21.2. The molecule has 0 bridgehead atoms. The molecule has 292 valence electrons. The standard InChI is InChI=1S/C42H68N4O6/c1-6-44-35-21-30-11-8-7-10-29(30)20-32(35)24-51-40(50)42-39(49)37-31(18-26(2)3)12-9-13-34(37)38(48)41(42,52-42)22-33(23-47)27(4)14-15-28-16-17-45-36(19-28)46-25-43-5/h8,11,26,28-32,34-37,43-47H,6-7,9-10,12-25H2,1-5H3/p+3. The zero-order chi connectivity index (χ0) is 37.0. The SMILES string of the molecule is CC[NH2+]C1CC2C=CCCC2CC1COC(=O)C12OC1(CC(CO)=C(C)CCC1CC[NH2+]C(NC[NH2+]C)C1)C(=O)C1CCCC(CC(C)C)C1C2=O. The Balaban J connectivity index is 1.23. The first kappa shape index (κ1) is 39.7. The fourth-order valence-electron chi connectivity index (χ4n) is 11.3. The summed E-state index contributed by atoms with van der Waals surface area (Å²) in [7, 11) is 2.07. The maximum atomic E-state index is 14.9. The summed E-state index contributed by atoms with van der Waals surface area (Å²) < 4.78 is 12.7. The Hall–Kier alpha value is -1.95. The number of allylic oxidation sites excluding steroid dienone is 3. The molecule has 0 amide bonds. The molecule has 0 spiro atoms. The molecule has 8 N–H and O–H groups in total. The van der Waals surface area contributed by atoms with E-state index in [0.29, 0.717) is 42.3 Å². The molecule has 5 fully saturated rings. The summed E-state index contributed by atoms with van der Waals surface area (Å²) in [6.45, 7) is 11.5. The maximum absolute atomic E-state index is 14.9. The van der Waals surface area contributed by atoms with Crippen LogP contribution in [-0.2, 0) is 23.9 Å². The first-order valence-corrected chi connectivity index (χ1v) is 21.2. The van der Waals surface area contributed by atoms with Crippen LogP contribution in [0.25, 0.3) is 0 Å². The normalized spacial score (nSPS) is 39.0. The van der Waals surface area contributed by atoms with Crippen LogP contribution in [0, 0.1) is 47.3 Å². The van der Waals surface area contributed by atoms with Crippen LogP contribution >= 0.6 is 0 Å². The van der Waals surface area contributed by atoms with Gasteiger partial charge in [-0.2, -0.15) is 0 Å². The van der Waals surface area contributed by atoms with Crippen LogP contribution < -0.4 is 21.3 Å². The Labute approximate surface area is 312 Å². The van der Waals surface area contributed by atoms with Gasteiger partial charge in [0, 0.05) is 37.0 Å². The smallest absolute Gasteiger partial charge is 0.350 e. The molecule has 10 nitrogen and oxygen atoms in total. The van der Waals surface area contributed by atoms with Crippen molar-refractivity contribution in [1.82, 2.24) is 5.32 Å². The lowest BCUT2D eigenvalue weighted by Crippen LogP contribution is -2.97. The van der Waals surface area contributed by atoms with E-state index >= 15 is 0 Å². The monoisotopic (exact) mass is 728 g/mol. The van der Waals surface area contributed by atoms with Crippen LogP contribution in [0.4, 0.5) is 0 Å². The summed E-state index contributed by atoms with van der Waals surface area (Å²) in [5, 5.41) is 21.3. The number of aliphatic hydroxyl groups is 1. The highest BCUT2D eigenvalue weighted by Gasteiger charge is 2.87. The second-order valence-corrected chi connectivity index (χ2v) is 18.0. The number of nitrogens with one attached hydrogen (secondary N) is 1. The molecule has 3 saturated carbocycles. The number of fused-ring (bicyclic) bond motifs is 3. The minimum Gasteiger partial charge on any atom is -0.463 e. The highest BCUT2D eigenvalue weighted by atomic mass is 16.7. The summed E-state index contributed by atoms with van der Waals surface area (Å²) in [6, 6.07) is 0.343. The molecule has 2 heterocycles. The summed E-state index contributed by atoms with van der Waals surface area (Å²) in [5.41, 5.74) is -1.74. The van der Waals surface area contributed by atoms with Crippen molar-refractivity contribution in [3.05, 3.63) is 23.3 Å². The van der Waals surface area contributed by atoms with E-state index in [-0.39, 0.29) is 43.0 Å². The van der Waals surface area contributed by atoms with Gasteiger partial charge >= 0.3 is 5.97 Å². The molecule has 0 aromatic heterocycles. The van der Waals surface area contributed by atoms with Crippen LogP contribution in [0.2, 0.25) is 0 Å². The second kappa shape index (κ2) is 17.2. The number of nitrogens with two attached hydrogens (primary N) is 3. The molecule has 4 aliphatic carbocycles. The van der Waals surface area contributed by atoms with Gasteiger partial charge in [-0.25, -0.2) is 10.1 Å². The van der Waals surface area contributed by atoms with Crippen molar-refractivity contribution in [2.75, 3.05) is 40.0 Å². The lowest BCUT2D eigenvalue weighted by atomic mass is 9.56. The van der Waals surface area contributed by atoms with Crippen molar-refractivity contribution < 1.29 is 44.9 Å². The van der Waals surface area contributed by atoms with Gasteiger partial charge in [-0.3, -0.25) is 9.59 Å². The number of aliphatic hydroxyl groups excluding tert-OH is 1. The molecule has 11 atom stereocenters. The molecular weight excluding hydrogens is 656 g/mol. The van der Waals surface area contributed by atoms with Gasteiger partial charge in [0.1, 0.15) is 12.8 Å². The van der Waals surface area contributed by atoms with Gasteiger partial charge in [-0.1, -0.05) is 38.0 Å². The van der Waals surface area contributed by atoms with Crippen LogP contribution in [-0.4, -0.2) is 86.1 Å². The largest absolute Gasteiger partial charge is 0.463 e. The topological polar surface area (TPSA) is 155 Å². The number of Topliss-reactive ketones (excluding diaryl/α,β-unsaturated/α-hetero) is 2.